The van der Waals surface area contributed by atoms with Gasteiger partial charge in [0.05, 0.1) is 17.4 Å². The summed E-state index contributed by atoms with van der Waals surface area (Å²) < 4.78 is 0.991. The van der Waals surface area contributed by atoms with Crippen molar-refractivity contribution in [2.24, 2.45) is 5.92 Å². The lowest BCUT2D eigenvalue weighted by Gasteiger charge is -2.32. The van der Waals surface area contributed by atoms with Crippen molar-refractivity contribution in [3.63, 3.8) is 0 Å². The number of nitrogens with one attached hydrogen (secondary N) is 1. The second-order valence-corrected chi connectivity index (χ2v) is 7.46. The van der Waals surface area contributed by atoms with E-state index in [0.717, 1.165) is 52.8 Å². The number of pyridine rings is 1. The van der Waals surface area contributed by atoms with Gasteiger partial charge in [0.25, 0.3) is 0 Å². The van der Waals surface area contributed by atoms with Gasteiger partial charge in [-0.25, -0.2) is 15.0 Å². The first kappa shape index (κ1) is 17.2. The van der Waals surface area contributed by atoms with E-state index in [1.807, 2.05) is 42.7 Å². The predicted octanol–water partition coefficient (Wildman–Crippen LogP) is 3.74. The van der Waals surface area contributed by atoms with Crippen LogP contribution in [0.2, 0.25) is 0 Å². The highest BCUT2D eigenvalue weighted by Crippen LogP contribution is 2.24. The summed E-state index contributed by atoms with van der Waals surface area (Å²) in [6.45, 7) is 2.16. The van der Waals surface area contributed by atoms with Crippen LogP contribution < -0.4 is 10.2 Å². The molecule has 0 unspecified atom stereocenters. The molecule has 26 heavy (non-hydrogen) atoms. The summed E-state index contributed by atoms with van der Waals surface area (Å²) in [6, 6.07) is 9.94. The molecule has 134 valence electrons. The third-order valence-electron chi connectivity index (χ3n) is 4.75. The number of fused-ring (bicyclic) bond motifs is 1. The Morgan fingerprint density at radius 3 is 2.69 bits per heavy atom. The summed E-state index contributed by atoms with van der Waals surface area (Å²) in [5.41, 5.74) is 1.74. The zero-order chi connectivity index (χ0) is 17.9. The van der Waals surface area contributed by atoms with Crippen molar-refractivity contribution in [2.75, 3.05) is 29.9 Å². The first-order valence-corrected chi connectivity index (χ1v) is 9.52. The summed E-state index contributed by atoms with van der Waals surface area (Å²) >= 11 is 3.47. The van der Waals surface area contributed by atoms with E-state index >= 15 is 0 Å². The zero-order valence-corrected chi connectivity index (χ0v) is 15.9. The lowest BCUT2D eigenvalue weighted by Crippen LogP contribution is -2.35. The molecule has 7 heteroatoms. The fourth-order valence-electron chi connectivity index (χ4n) is 3.18. The van der Waals surface area contributed by atoms with Crippen LogP contribution >= 0.6 is 15.9 Å². The molecule has 1 saturated heterocycles. The topological polar surface area (TPSA) is 74.2 Å². The molecular weight excluding hydrogens is 394 g/mol. The summed E-state index contributed by atoms with van der Waals surface area (Å²) in [6.07, 6.45) is 5.64. The van der Waals surface area contributed by atoms with Crippen LogP contribution in [0.25, 0.3) is 10.9 Å². The molecule has 1 aromatic carbocycles. The molecule has 0 saturated carbocycles. The number of hydrogen-bond donors (Lipinski definition) is 2. The lowest BCUT2D eigenvalue weighted by atomic mass is 9.98. The van der Waals surface area contributed by atoms with Crippen molar-refractivity contribution in [3.05, 3.63) is 47.2 Å². The lowest BCUT2D eigenvalue weighted by molar-refractivity contribution is 0.203. The van der Waals surface area contributed by atoms with E-state index in [4.69, 9.17) is 0 Å². The van der Waals surface area contributed by atoms with Gasteiger partial charge in [0.2, 0.25) is 5.95 Å². The summed E-state index contributed by atoms with van der Waals surface area (Å²) in [5.74, 6) is 1.95. The highest BCUT2D eigenvalue weighted by atomic mass is 79.9. The normalized spacial score (nSPS) is 15.4. The molecule has 1 aliphatic rings. The Bertz CT molecular complexity index is 894. The molecule has 1 fully saturated rings. The first-order valence-electron chi connectivity index (χ1n) is 8.72. The second kappa shape index (κ2) is 7.55. The summed E-state index contributed by atoms with van der Waals surface area (Å²) in [5, 5.41) is 13.5. The van der Waals surface area contributed by atoms with Gasteiger partial charge < -0.3 is 15.3 Å². The van der Waals surface area contributed by atoms with Crippen LogP contribution in [0.1, 0.15) is 12.8 Å². The number of aromatic nitrogens is 3. The highest BCUT2D eigenvalue weighted by molar-refractivity contribution is 9.10. The fraction of sp³-hybridized carbons (Fsp3) is 0.316. The Balaban J connectivity index is 1.46. The third kappa shape index (κ3) is 3.78. The average molecular weight is 414 g/mol. The monoisotopic (exact) mass is 413 g/mol. The maximum atomic E-state index is 9.25. The fourth-order valence-corrected chi connectivity index (χ4v) is 3.53. The first-order chi connectivity index (χ1) is 12.7. The van der Waals surface area contributed by atoms with Gasteiger partial charge in [-0.05, 0) is 43.0 Å². The average Bonchev–Trinajstić information content (AvgIpc) is 2.68. The molecular formula is C19H20BrN5O. The van der Waals surface area contributed by atoms with Crippen LogP contribution in [-0.4, -0.2) is 39.8 Å². The maximum Gasteiger partial charge on any atom is 0.227 e. The molecule has 4 rings (SSSR count). The Labute approximate surface area is 160 Å². The third-order valence-corrected chi connectivity index (χ3v) is 5.24. The van der Waals surface area contributed by atoms with Gasteiger partial charge in [0.1, 0.15) is 5.82 Å². The van der Waals surface area contributed by atoms with Crippen molar-refractivity contribution >= 4 is 44.3 Å². The van der Waals surface area contributed by atoms with Crippen LogP contribution in [-0.2, 0) is 0 Å². The molecule has 1 aliphatic heterocycles. The standard InChI is InChI=1S/C19H20BrN5O/c20-15-2-1-14-10-22-19(24-17(14)9-15)23-16-3-4-18(21-11-16)25-7-5-13(12-26)6-8-25/h1-4,9-11,13,26H,5-8,12H2,(H,22,23,24). The molecule has 0 radical (unpaired) electrons. The van der Waals surface area contributed by atoms with E-state index in [1.54, 1.807) is 0 Å². The maximum absolute atomic E-state index is 9.25. The molecule has 0 atom stereocenters. The molecule has 2 N–H and O–H groups in total. The Morgan fingerprint density at radius 2 is 1.96 bits per heavy atom. The van der Waals surface area contributed by atoms with Gasteiger partial charge in [0.15, 0.2) is 0 Å². The van der Waals surface area contributed by atoms with Crippen molar-refractivity contribution < 1.29 is 5.11 Å². The van der Waals surface area contributed by atoms with Crippen LogP contribution in [0.3, 0.4) is 0 Å². The minimum atomic E-state index is 0.284. The number of rotatable bonds is 4. The molecule has 0 bridgehead atoms. The van der Waals surface area contributed by atoms with Gasteiger partial charge in [-0.3, -0.25) is 0 Å². The number of piperidine rings is 1. The van der Waals surface area contributed by atoms with E-state index < -0.39 is 0 Å². The zero-order valence-electron chi connectivity index (χ0n) is 14.3. The molecule has 0 spiro atoms. The van der Waals surface area contributed by atoms with E-state index in [2.05, 4.69) is 41.1 Å². The van der Waals surface area contributed by atoms with Crippen LogP contribution in [0.15, 0.2) is 47.2 Å². The quantitative estimate of drug-likeness (QED) is 0.678. The van der Waals surface area contributed by atoms with E-state index in [-0.39, 0.29) is 6.61 Å². The number of benzene rings is 1. The van der Waals surface area contributed by atoms with Crippen molar-refractivity contribution in [1.82, 2.24) is 15.0 Å². The molecule has 6 nitrogen and oxygen atoms in total. The Morgan fingerprint density at radius 1 is 1.12 bits per heavy atom. The Hall–Kier alpha value is -2.25. The number of anilines is 3. The molecule has 3 aromatic rings. The van der Waals surface area contributed by atoms with Gasteiger partial charge in [-0.2, -0.15) is 0 Å². The Kier molecular flexibility index (Phi) is 4.99. The van der Waals surface area contributed by atoms with Crippen molar-refractivity contribution in [1.29, 1.82) is 0 Å². The molecule has 0 amide bonds. The van der Waals surface area contributed by atoms with E-state index in [1.165, 1.54) is 0 Å². The smallest absolute Gasteiger partial charge is 0.227 e. The minimum Gasteiger partial charge on any atom is -0.396 e. The van der Waals surface area contributed by atoms with Gasteiger partial charge in [0, 0.05) is 35.8 Å². The van der Waals surface area contributed by atoms with Crippen molar-refractivity contribution in [3.8, 4) is 0 Å². The van der Waals surface area contributed by atoms with Gasteiger partial charge in [-0.1, -0.05) is 22.0 Å². The molecule has 0 aliphatic carbocycles. The van der Waals surface area contributed by atoms with Gasteiger partial charge in [-0.15, -0.1) is 0 Å². The number of hydrogen-bond acceptors (Lipinski definition) is 6. The van der Waals surface area contributed by atoms with Crippen molar-refractivity contribution in [2.45, 2.75) is 12.8 Å². The van der Waals surface area contributed by atoms with Crippen LogP contribution in [0.5, 0.6) is 0 Å². The van der Waals surface area contributed by atoms with Crippen LogP contribution in [0, 0.1) is 5.92 Å². The SMILES string of the molecule is OCC1CCN(c2ccc(Nc3ncc4ccc(Br)cc4n3)cn2)CC1. The molecule has 3 heterocycles. The number of aliphatic hydroxyl groups excluding tert-OH is 1. The van der Waals surface area contributed by atoms with Gasteiger partial charge >= 0.3 is 0 Å². The molecule has 2 aromatic heterocycles. The number of aliphatic hydroxyl groups is 1. The summed E-state index contributed by atoms with van der Waals surface area (Å²) in [7, 11) is 0. The van der Waals surface area contributed by atoms with E-state index in [0.29, 0.717) is 11.9 Å². The second-order valence-electron chi connectivity index (χ2n) is 6.54. The van der Waals surface area contributed by atoms with E-state index in [9.17, 15) is 5.11 Å². The highest BCUT2D eigenvalue weighted by Gasteiger charge is 2.19. The number of nitrogens with zero attached hydrogens (tertiary/aromatic N) is 4. The predicted molar refractivity (Wildman–Crippen MR) is 107 cm³/mol. The summed E-state index contributed by atoms with van der Waals surface area (Å²) in [4.78, 5) is 15.7. The minimum absolute atomic E-state index is 0.284. The largest absolute Gasteiger partial charge is 0.396 e. The van der Waals surface area contributed by atoms with Crippen LogP contribution in [0.4, 0.5) is 17.5 Å². The number of halogens is 1.